The van der Waals surface area contributed by atoms with Gasteiger partial charge in [-0.25, -0.2) is 0 Å². The zero-order valence-electron chi connectivity index (χ0n) is 8.85. The van der Waals surface area contributed by atoms with Gasteiger partial charge in [0.15, 0.2) is 0 Å². The van der Waals surface area contributed by atoms with Crippen molar-refractivity contribution in [2.45, 2.75) is 6.32 Å². The molecular weight excluding hydrogens is 219 g/mol. The van der Waals surface area contributed by atoms with E-state index in [4.69, 9.17) is 0 Å². The van der Waals surface area contributed by atoms with Crippen molar-refractivity contribution < 1.29 is 64.3 Å². The minimum Gasteiger partial charge on any atom is -0.449 e. The van der Waals surface area contributed by atoms with Crippen molar-refractivity contribution in [2.24, 2.45) is 0 Å². The summed E-state index contributed by atoms with van der Waals surface area (Å²) in [7, 11) is 1.99. The van der Waals surface area contributed by atoms with Crippen LogP contribution in [0.4, 0.5) is 12.9 Å². The van der Waals surface area contributed by atoms with Crippen molar-refractivity contribution in [1.29, 1.82) is 0 Å². The summed E-state index contributed by atoms with van der Waals surface area (Å²) in [5.74, 6) is 0. The van der Waals surface area contributed by atoms with E-state index in [1.807, 2.05) is 11.9 Å². The smallest absolute Gasteiger partial charge is 0.449 e. The molecule has 0 atom stereocenters. The Bertz CT molecular complexity index is 160. The van der Waals surface area contributed by atoms with Gasteiger partial charge in [-0.2, -0.15) is 0 Å². The van der Waals surface area contributed by atoms with Gasteiger partial charge >= 0.3 is 58.4 Å². The van der Waals surface area contributed by atoms with Gasteiger partial charge in [0.05, 0.1) is 0 Å². The molecule has 0 aliphatic carbocycles. The third-order valence-corrected chi connectivity index (χ3v) is 2.37. The molecule has 1 heterocycles. The van der Waals surface area contributed by atoms with Gasteiger partial charge in [-0.05, 0) is 13.6 Å². The first-order valence-electron chi connectivity index (χ1n) is 4.59. The summed E-state index contributed by atoms with van der Waals surface area (Å²) in [5, 5.41) is 0. The fraction of sp³-hybridized carbons (Fsp3) is 1.00. The molecule has 7 heteroatoms. The van der Waals surface area contributed by atoms with Gasteiger partial charge in [-0.1, -0.05) is 6.32 Å². The molecule has 78 valence electrons. The van der Waals surface area contributed by atoms with E-state index >= 15 is 0 Å². The molecule has 2 nitrogen and oxygen atoms in total. The zero-order valence-corrected chi connectivity index (χ0v) is 12.0. The molecule has 1 saturated heterocycles. The zero-order chi connectivity index (χ0) is 9.90. The Labute approximate surface area is 126 Å². The monoisotopic (exact) mass is 234 g/mol. The first kappa shape index (κ1) is 15.4. The minimum atomic E-state index is -4.60. The van der Waals surface area contributed by atoms with Gasteiger partial charge in [0.25, 0.3) is 0 Å². The molecule has 0 radical (unpaired) electrons. The second-order valence-corrected chi connectivity index (χ2v) is 3.64. The molecule has 0 saturated carbocycles. The van der Waals surface area contributed by atoms with Crippen molar-refractivity contribution in [2.75, 3.05) is 39.8 Å². The summed E-state index contributed by atoms with van der Waals surface area (Å²) >= 11 is 0. The van der Waals surface area contributed by atoms with E-state index in [0.29, 0.717) is 0 Å². The van der Waals surface area contributed by atoms with Crippen LogP contribution in [-0.4, -0.2) is 56.5 Å². The number of hydrogen-bond donors (Lipinski definition) is 0. The fourth-order valence-electron chi connectivity index (χ4n) is 1.40. The average Bonchev–Trinajstić information content (AvgIpc) is 2.02. The third kappa shape index (κ3) is 6.81. The van der Waals surface area contributed by atoms with Crippen LogP contribution in [0.2, 0.25) is 6.32 Å². The Balaban J connectivity index is 0.00000169. The van der Waals surface area contributed by atoms with E-state index in [9.17, 15) is 12.9 Å². The number of piperazine rings is 1. The first-order valence-corrected chi connectivity index (χ1v) is 4.59. The SMILES string of the molecule is CN1CCN(CC[B-](F)(F)F)CC1.[K+]. The second kappa shape index (κ2) is 6.88. The van der Waals surface area contributed by atoms with Crippen LogP contribution in [0.15, 0.2) is 0 Å². The van der Waals surface area contributed by atoms with E-state index < -0.39 is 13.3 Å². The van der Waals surface area contributed by atoms with Crippen LogP contribution < -0.4 is 51.4 Å². The van der Waals surface area contributed by atoms with Crippen molar-refractivity contribution >= 4 is 6.98 Å². The average molecular weight is 234 g/mol. The van der Waals surface area contributed by atoms with Crippen molar-refractivity contribution in [1.82, 2.24) is 9.80 Å². The molecule has 1 aliphatic rings. The van der Waals surface area contributed by atoms with E-state index in [-0.39, 0.29) is 57.9 Å². The van der Waals surface area contributed by atoms with Gasteiger partial charge < -0.3 is 22.7 Å². The molecular formula is C7H15BF3KN2. The fourth-order valence-corrected chi connectivity index (χ4v) is 1.40. The largest absolute Gasteiger partial charge is 1.00 e. The first-order chi connectivity index (χ1) is 5.97. The summed E-state index contributed by atoms with van der Waals surface area (Å²) in [6.07, 6.45) is -0.621. The molecule has 1 rings (SSSR count). The van der Waals surface area contributed by atoms with Gasteiger partial charge in [0.2, 0.25) is 0 Å². The molecule has 1 aliphatic heterocycles. The van der Waals surface area contributed by atoms with Gasteiger partial charge in [0, 0.05) is 26.2 Å². The number of nitrogens with zero attached hydrogens (tertiary/aromatic N) is 2. The number of hydrogen-bond acceptors (Lipinski definition) is 2. The predicted octanol–water partition coefficient (Wildman–Crippen LogP) is -1.91. The molecule has 0 aromatic heterocycles. The van der Waals surface area contributed by atoms with Crippen LogP contribution in [0.1, 0.15) is 0 Å². The molecule has 0 aromatic rings. The van der Waals surface area contributed by atoms with Crippen LogP contribution >= 0.6 is 0 Å². The van der Waals surface area contributed by atoms with Crippen molar-refractivity contribution in [3.63, 3.8) is 0 Å². The topological polar surface area (TPSA) is 6.48 Å². The Morgan fingerprint density at radius 2 is 1.57 bits per heavy atom. The van der Waals surface area contributed by atoms with E-state index in [1.165, 1.54) is 0 Å². The Hall–Kier alpha value is 1.41. The van der Waals surface area contributed by atoms with Crippen LogP contribution in [-0.2, 0) is 0 Å². The summed E-state index contributed by atoms with van der Waals surface area (Å²) in [6, 6.07) is 0. The van der Waals surface area contributed by atoms with Crippen LogP contribution in [0.5, 0.6) is 0 Å². The molecule has 1 fully saturated rings. The number of halogens is 3. The van der Waals surface area contributed by atoms with Crippen LogP contribution in [0.3, 0.4) is 0 Å². The predicted molar refractivity (Wildman–Crippen MR) is 47.8 cm³/mol. The third-order valence-electron chi connectivity index (χ3n) is 2.37. The van der Waals surface area contributed by atoms with Gasteiger partial charge in [0.1, 0.15) is 0 Å². The Kier molecular flexibility index (Phi) is 7.57. The molecule has 14 heavy (non-hydrogen) atoms. The van der Waals surface area contributed by atoms with E-state index in [2.05, 4.69) is 4.90 Å². The van der Waals surface area contributed by atoms with Crippen molar-refractivity contribution in [3.05, 3.63) is 0 Å². The number of rotatable bonds is 3. The summed E-state index contributed by atoms with van der Waals surface area (Å²) < 4.78 is 35.7. The quantitative estimate of drug-likeness (QED) is 0.525. The minimum absolute atomic E-state index is 0. The maximum Gasteiger partial charge on any atom is 1.00 e. The normalized spacial score (nSPS) is 20.6. The summed E-state index contributed by atoms with van der Waals surface area (Å²) in [4.78, 5) is 4.02. The van der Waals surface area contributed by atoms with Gasteiger partial charge in [-0.3, -0.25) is 0 Å². The summed E-state index contributed by atoms with van der Waals surface area (Å²) in [5.41, 5.74) is 0. The standard InChI is InChI=1S/C7H15BF3N2.K/c1-12-4-6-13(7-5-12)3-2-8(9,10)11;/h2-7H2,1H3;/q-1;+1. The van der Waals surface area contributed by atoms with E-state index in [0.717, 1.165) is 26.2 Å². The maximum atomic E-state index is 11.9. The van der Waals surface area contributed by atoms with Crippen LogP contribution in [0.25, 0.3) is 0 Å². The second-order valence-electron chi connectivity index (χ2n) is 3.64. The van der Waals surface area contributed by atoms with E-state index in [1.54, 1.807) is 0 Å². The maximum absolute atomic E-state index is 11.9. The summed E-state index contributed by atoms with van der Waals surface area (Å²) in [6.45, 7) is -1.13. The molecule has 0 amide bonds. The van der Waals surface area contributed by atoms with Crippen molar-refractivity contribution in [3.8, 4) is 0 Å². The molecule has 0 bridgehead atoms. The van der Waals surface area contributed by atoms with Crippen LogP contribution in [0, 0.1) is 0 Å². The molecule has 0 aromatic carbocycles. The number of likely N-dealkylation sites (N-methyl/N-ethyl adjacent to an activating group) is 1. The van der Waals surface area contributed by atoms with Gasteiger partial charge in [-0.15, -0.1) is 0 Å². The molecule has 0 unspecified atom stereocenters. The Morgan fingerprint density at radius 3 is 2.00 bits per heavy atom. The molecule has 0 spiro atoms. The molecule has 0 N–H and O–H groups in total. The Morgan fingerprint density at radius 1 is 1.07 bits per heavy atom.